The fourth-order valence-corrected chi connectivity index (χ4v) is 1.87. The van der Waals surface area contributed by atoms with Gasteiger partial charge >= 0.3 is 0 Å². The summed E-state index contributed by atoms with van der Waals surface area (Å²) in [6.07, 6.45) is 7.81. The second-order valence-electron chi connectivity index (χ2n) is 3.88. The second-order valence-corrected chi connectivity index (χ2v) is 3.88. The van der Waals surface area contributed by atoms with Crippen LogP contribution in [0.4, 0.5) is 0 Å². The summed E-state index contributed by atoms with van der Waals surface area (Å²) < 4.78 is 0. The van der Waals surface area contributed by atoms with Crippen LogP contribution in [0, 0.1) is 5.41 Å². The molecule has 0 radical (unpaired) electrons. The maximum Gasteiger partial charge on any atom is 0.0366 e. The van der Waals surface area contributed by atoms with Crippen LogP contribution in [-0.4, -0.2) is 6.54 Å². The van der Waals surface area contributed by atoms with Gasteiger partial charge in [-0.15, -0.1) is 0 Å². The van der Waals surface area contributed by atoms with Crippen molar-refractivity contribution in [1.29, 1.82) is 0 Å². The Hall–Kier alpha value is -0.980. The Bertz CT molecular complexity index is 257. The highest BCUT2D eigenvalue weighted by atomic mass is 14.9. The molecule has 0 aromatic rings. The molecule has 1 fully saturated rings. The van der Waals surface area contributed by atoms with E-state index in [1.54, 1.807) is 0 Å². The summed E-state index contributed by atoms with van der Waals surface area (Å²) in [6.45, 7) is 16.7. The van der Waals surface area contributed by atoms with E-state index in [4.69, 9.17) is 0 Å². The van der Waals surface area contributed by atoms with Gasteiger partial charge in [-0.3, -0.25) is 0 Å². The van der Waals surface area contributed by atoms with E-state index >= 15 is 0 Å². The highest BCUT2D eigenvalue weighted by Gasteiger charge is 2.44. The molecule has 0 aromatic carbocycles. The molecule has 0 unspecified atom stereocenters. The monoisotopic (exact) mass is 221 g/mol. The lowest BCUT2D eigenvalue weighted by Crippen LogP contribution is -2.29. The molecule has 0 bridgehead atoms. The molecule has 0 saturated heterocycles. The van der Waals surface area contributed by atoms with Gasteiger partial charge in [-0.2, -0.15) is 0 Å². The molecule has 1 aliphatic heterocycles. The average Bonchev–Trinajstić information content (AvgIpc) is 3.13. The number of nitrogens with one attached hydrogen (secondary N) is 1. The molecule has 2 aliphatic rings. The van der Waals surface area contributed by atoms with Crippen molar-refractivity contribution in [2.24, 2.45) is 5.41 Å². The topological polar surface area (TPSA) is 12.0 Å². The predicted molar refractivity (Wildman–Crippen MR) is 74.4 cm³/mol. The van der Waals surface area contributed by atoms with Crippen LogP contribution in [-0.2, 0) is 0 Å². The van der Waals surface area contributed by atoms with Crippen molar-refractivity contribution in [2.45, 2.75) is 47.0 Å². The first-order chi connectivity index (χ1) is 7.79. The van der Waals surface area contributed by atoms with Gasteiger partial charge in [0.05, 0.1) is 0 Å². The van der Waals surface area contributed by atoms with Crippen molar-refractivity contribution in [2.75, 3.05) is 6.54 Å². The summed E-state index contributed by atoms with van der Waals surface area (Å²) in [5.74, 6) is 0. The van der Waals surface area contributed by atoms with Crippen LogP contribution >= 0.6 is 0 Å². The van der Waals surface area contributed by atoms with Crippen LogP contribution < -0.4 is 5.32 Å². The average molecular weight is 221 g/mol. The lowest BCUT2D eigenvalue weighted by Gasteiger charge is -2.25. The van der Waals surface area contributed by atoms with Crippen molar-refractivity contribution in [3.63, 3.8) is 0 Å². The summed E-state index contributed by atoms with van der Waals surface area (Å²) in [5.41, 5.74) is 3.12. The van der Waals surface area contributed by atoms with Gasteiger partial charge < -0.3 is 5.32 Å². The van der Waals surface area contributed by atoms with Crippen LogP contribution in [0.2, 0.25) is 0 Å². The summed E-state index contributed by atoms with van der Waals surface area (Å²) in [4.78, 5) is 0. The zero-order valence-electron chi connectivity index (χ0n) is 11.4. The van der Waals surface area contributed by atoms with Crippen LogP contribution in [0.15, 0.2) is 36.6 Å². The Kier molecular flexibility index (Phi) is 6.87. The zero-order valence-corrected chi connectivity index (χ0v) is 11.4. The quantitative estimate of drug-likeness (QED) is 0.727. The normalized spacial score (nSPS) is 19.5. The van der Waals surface area contributed by atoms with E-state index in [0.717, 1.165) is 6.54 Å². The van der Waals surface area contributed by atoms with Crippen LogP contribution in [0.5, 0.6) is 0 Å². The fourth-order valence-electron chi connectivity index (χ4n) is 1.87. The number of allylic oxidation sites excluding steroid dienone is 3. The highest BCUT2D eigenvalue weighted by Crippen LogP contribution is 2.52. The van der Waals surface area contributed by atoms with E-state index in [0.29, 0.717) is 5.41 Å². The number of hydrogen-bond acceptors (Lipinski definition) is 1. The molecule has 1 spiro atoms. The molecule has 1 heteroatoms. The molecule has 2 rings (SSSR count). The van der Waals surface area contributed by atoms with Crippen molar-refractivity contribution in [3.05, 3.63) is 36.6 Å². The van der Waals surface area contributed by atoms with Crippen LogP contribution in [0.25, 0.3) is 0 Å². The molecule has 1 saturated carbocycles. The fraction of sp³-hybridized carbons (Fsp3) is 0.600. The molecule has 92 valence electrons. The lowest BCUT2D eigenvalue weighted by atomic mass is 9.91. The summed E-state index contributed by atoms with van der Waals surface area (Å²) in [7, 11) is 0. The third-order valence-electron chi connectivity index (χ3n) is 2.97. The minimum Gasteiger partial charge on any atom is -0.384 e. The number of rotatable bonds is 2. The van der Waals surface area contributed by atoms with E-state index in [9.17, 15) is 0 Å². The van der Waals surface area contributed by atoms with Gasteiger partial charge in [-0.05, 0) is 36.3 Å². The number of hydrogen-bond donors (Lipinski definition) is 1. The zero-order chi connectivity index (χ0) is 12.6. The molecule has 0 amide bonds. The van der Waals surface area contributed by atoms with Crippen LogP contribution in [0.1, 0.15) is 47.0 Å². The first-order valence-corrected chi connectivity index (χ1v) is 6.52. The molecule has 1 aliphatic carbocycles. The largest absolute Gasteiger partial charge is 0.384 e. The Morgan fingerprint density at radius 3 is 2.00 bits per heavy atom. The van der Waals surface area contributed by atoms with Gasteiger partial charge in [0, 0.05) is 12.2 Å². The molecule has 0 aromatic heterocycles. The maximum atomic E-state index is 3.83. The van der Waals surface area contributed by atoms with Crippen molar-refractivity contribution in [1.82, 2.24) is 5.32 Å². The third-order valence-corrected chi connectivity index (χ3v) is 2.97. The molecular weight excluding hydrogens is 194 g/mol. The van der Waals surface area contributed by atoms with E-state index in [-0.39, 0.29) is 0 Å². The highest BCUT2D eigenvalue weighted by molar-refractivity contribution is 5.35. The van der Waals surface area contributed by atoms with Gasteiger partial charge in [0.25, 0.3) is 0 Å². The van der Waals surface area contributed by atoms with Gasteiger partial charge in [-0.1, -0.05) is 46.9 Å². The summed E-state index contributed by atoms with van der Waals surface area (Å²) in [5, 5.41) is 3.41. The Labute approximate surface area is 101 Å². The van der Waals surface area contributed by atoms with Crippen LogP contribution in [0.3, 0.4) is 0 Å². The van der Waals surface area contributed by atoms with Gasteiger partial charge in [-0.25, -0.2) is 0 Å². The first kappa shape index (κ1) is 15.0. The summed E-state index contributed by atoms with van der Waals surface area (Å²) >= 11 is 0. The maximum absolute atomic E-state index is 3.83. The van der Waals surface area contributed by atoms with E-state index < -0.39 is 0 Å². The first-order valence-electron chi connectivity index (χ1n) is 6.52. The van der Waals surface area contributed by atoms with Gasteiger partial charge in [0.1, 0.15) is 0 Å². The van der Waals surface area contributed by atoms with E-state index in [2.05, 4.69) is 18.5 Å². The molecule has 1 N–H and O–H groups in total. The van der Waals surface area contributed by atoms with Crippen molar-refractivity contribution in [3.8, 4) is 0 Å². The van der Waals surface area contributed by atoms with Gasteiger partial charge in [0.15, 0.2) is 0 Å². The summed E-state index contributed by atoms with van der Waals surface area (Å²) in [6, 6.07) is 0. The second kappa shape index (κ2) is 7.32. The Balaban J connectivity index is 0.000000509. The molecule has 1 heterocycles. The van der Waals surface area contributed by atoms with E-state index in [1.807, 2.05) is 39.8 Å². The van der Waals surface area contributed by atoms with Crippen molar-refractivity contribution >= 4 is 0 Å². The Morgan fingerprint density at radius 2 is 1.62 bits per heavy atom. The molecular formula is C15H27N. The minimum atomic E-state index is 0.593. The standard InChI is InChI=1S/C11H15N.2C2H6/c1-3-9-7-11(5-6-11)8-12-10(9)4-2;2*1-2/h3-4,12H,1-2,5-8H2;2*1-2H3. The lowest BCUT2D eigenvalue weighted by molar-refractivity contribution is 0.456. The van der Waals surface area contributed by atoms with Crippen molar-refractivity contribution < 1.29 is 0 Å². The smallest absolute Gasteiger partial charge is 0.0366 e. The molecule has 1 nitrogen and oxygen atoms in total. The molecule has 16 heavy (non-hydrogen) atoms. The molecule has 0 atom stereocenters. The SMILES string of the molecule is C=CC1=C(C=C)NCC2(CC2)C1.CC.CC. The Morgan fingerprint density at radius 1 is 1.06 bits per heavy atom. The third kappa shape index (κ3) is 3.55. The van der Waals surface area contributed by atoms with Gasteiger partial charge in [0.2, 0.25) is 0 Å². The predicted octanol–water partition coefficient (Wildman–Crippen LogP) is 4.44. The minimum absolute atomic E-state index is 0.593. The van der Waals surface area contributed by atoms with E-state index in [1.165, 1.54) is 30.5 Å².